The summed E-state index contributed by atoms with van der Waals surface area (Å²) in [5.74, 6) is -0.516. The number of amides is 2. The second-order valence-electron chi connectivity index (χ2n) is 9.23. The first-order valence-electron chi connectivity index (χ1n) is 12.4. The Morgan fingerprint density at radius 1 is 0.974 bits per heavy atom. The molecular weight excluding hydrogens is 508 g/mol. The molecule has 0 saturated heterocycles. The van der Waals surface area contributed by atoms with Gasteiger partial charge in [0.15, 0.2) is 0 Å². The van der Waals surface area contributed by atoms with E-state index in [4.69, 9.17) is 4.74 Å². The summed E-state index contributed by atoms with van der Waals surface area (Å²) in [6, 6.07) is 24.8. The lowest BCUT2D eigenvalue weighted by molar-refractivity contribution is -0.114. The first-order chi connectivity index (χ1) is 18.8. The van der Waals surface area contributed by atoms with Crippen molar-refractivity contribution in [2.24, 2.45) is 0 Å². The predicted octanol–water partition coefficient (Wildman–Crippen LogP) is 6.02. The highest BCUT2D eigenvalue weighted by atomic mass is 32.2. The van der Waals surface area contributed by atoms with Crippen molar-refractivity contribution in [2.45, 2.75) is 26.7 Å². The number of ether oxygens (including phenoxy) is 1. The number of methoxy groups -OCH3 is 1. The molecule has 198 valence electrons. The lowest BCUT2D eigenvalue weighted by Gasteiger charge is -2.30. The Hall–Kier alpha value is -4.48. The van der Waals surface area contributed by atoms with Gasteiger partial charge in [-0.15, -0.1) is 0 Å². The minimum absolute atomic E-state index is 0.0953. The van der Waals surface area contributed by atoms with E-state index >= 15 is 0 Å². The predicted molar refractivity (Wildman–Crippen MR) is 156 cm³/mol. The van der Waals surface area contributed by atoms with Gasteiger partial charge in [-0.25, -0.2) is 0 Å². The van der Waals surface area contributed by atoms with Gasteiger partial charge in [0.1, 0.15) is 5.75 Å². The van der Waals surface area contributed by atoms with Crippen LogP contribution in [0.4, 0.5) is 11.4 Å². The minimum Gasteiger partial charge on any atom is -0.495 e. The molecule has 1 aliphatic heterocycles. The van der Waals surface area contributed by atoms with Crippen molar-refractivity contribution in [1.29, 1.82) is 5.26 Å². The third-order valence-corrected chi connectivity index (χ3v) is 7.25. The third-order valence-electron chi connectivity index (χ3n) is 6.23. The monoisotopic (exact) mass is 538 g/mol. The molecule has 3 aromatic carbocycles. The Balaban J connectivity index is 1.62. The fraction of sp³-hybridized carbons (Fsp3) is 0.194. The van der Waals surface area contributed by atoms with E-state index in [-0.39, 0.29) is 17.6 Å². The molecule has 0 radical (unpaired) electrons. The molecule has 8 heteroatoms. The fourth-order valence-electron chi connectivity index (χ4n) is 4.63. The van der Waals surface area contributed by atoms with Crippen LogP contribution in [0.25, 0.3) is 0 Å². The molecule has 2 amide bonds. The zero-order valence-electron chi connectivity index (χ0n) is 22.3. The summed E-state index contributed by atoms with van der Waals surface area (Å²) in [5.41, 5.74) is 5.60. The summed E-state index contributed by atoms with van der Waals surface area (Å²) >= 11 is 1.24. The number of carbonyl (C=O) groups is 2. The molecule has 0 spiro atoms. The van der Waals surface area contributed by atoms with E-state index in [1.165, 1.54) is 11.8 Å². The quantitative estimate of drug-likeness (QED) is 0.324. The molecule has 1 atom stereocenters. The van der Waals surface area contributed by atoms with Gasteiger partial charge in [0.25, 0.3) is 5.91 Å². The summed E-state index contributed by atoms with van der Waals surface area (Å²) < 4.78 is 5.39. The first-order valence-corrected chi connectivity index (χ1v) is 13.4. The Labute approximate surface area is 233 Å². The van der Waals surface area contributed by atoms with Crippen LogP contribution in [0.15, 0.2) is 94.7 Å². The van der Waals surface area contributed by atoms with Crippen LogP contribution in [-0.2, 0) is 9.59 Å². The average Bonchev–Trinajstić information content (AvgIpc) is 2.91. The van der Waals surface area contributed by atoms with Gasteiger partial charge in [-0.3, -0.25) is 9.59 Å². The second-order valence-corrected chi connectivity index (χ2v) is 10.2. The number of hydrogen-bond acceptors (Lipinski definition) is 6. The number of anilines is 2. The van der Waals surface area contributed by atoms with E-state index in [9.17, 15) is 14.9 Å². The minimum atomic E-state index is -0.614. The van der Waals surface area contributed by atoms with Gasteiger partial charge in [-0.05, 0) is 61.7 Å². The molecule has 0 aliphatic carbocycles. The van der Waals surface area contributed by atoms with Crippen LogP contribution in [-0.4, -0.2) is 24.7 Å². The largest absolute Gasteiger partial charge is 0.495 e. The zero-order chi connectivity index (χ0) is 27.9. The van der Waals surface area contributed by atoms with E-state index in [1.807, 2.05) is 74.5 Å². The second kappa shape index (κ2) is 12.4. The molecule has 39 heavy (non-hydrogen) atoms. The van der Waals surface area contributed by atoms with Crippen molar-refractivity contribution in [3.05, 3.63) is 111 Å². The Morgan fingerprint density at radius 2 is 1.64 bits per heavy atom. The van der Waals surface area contributed by atoms with E-state index in [0.717, 1.165) is 22.4 Å². The number of nitrogens with zero attached hydrogens (tertiary/aromatic N) is 1. The van der Waals surface area contributed by atoms with Crippen molar-refractivity contribution >= 4 is 35.0 Å². The smallest absolute Gasteiger partial charge is 0.254 e. The van der Waals surface area contributed by atoms with Crippen LogP contribution in [0.1, 0.15) is 29.5 Å². The van der Waals surface area contributed by atoms with Crippen molar-refractivity contribution in [2.75, 3.05) is 23.5 Å². The number of dihydropyridines is 1. The van der Waals surface area contributed by atoms with Crippen LogP contribution < -0.4 is 20.7 Å². The van der Waals surface area contributed by atoms with Crippen LogP contribution in [0.3, 0.4) is 0 Å². The molecule has 3 N–H and O–H groups in total. The maximum atomic E-state index is 13.7. The molecule has 1 aliphatic rings. The fourth-order valence-corrected chi connectivity index (χ4v) is 5.52. The summed E-state index contributed by atoms with van der Waals surface area (Å²) in [6.45, 7) is 5.76. The van der Waals surface area contributed by atoms with Crippen LogP contribution >= 0.6 is 11.8 Å². The van der Waals surface area contributed by atoms with E-state index in [0.29, 0.717) is 33.3 Å². The zero-order valence-corrected chi connectivity index (χ0v) is 23.1. The SMILES string of the molecule is COc1ccccc1NC(=O)C1=C(C)NC(SCC(=O)Nc2cc(C)cc(C)c2)=C(C#N)C1c1ccccc1. The number of aryl methyl sites for hydroxylation is 2. The molecular formula is C31H30N4O3S. The van der Waals surface area contributed by atoms with Gasteiger partial charge in [0.05, 0.1) is 41.1 Å². The average molecular weight is 539 g/mol. The molecule has 4 rings (SSSR count). The molecule has 7 nitrogen and oxygen atoms in total. The molecule has 3 aromatic rings. The number of nitriles is 1. The number of hydrogen-bond donors (Lipinski definition) is 3. The standard InChI is InChI=1S/C31H30N4O3S/c1-19-14-20(2)16-23(15-19)34-27(36)18-39-31-24(17-32)29(22-10-6-5-7-11-22)28(21(3)33-31)30(37)35-25-12-8-9-13-26(25)38-4/h5-16,29,33H,18H2,1-4H3,(H,34,36)(H,35,37). The summed E-state index contributed by atoms with van der Waals surface area (Å²) in [4.78, 5) is 26.4. The highest BCUT2D eigenvalue weighted by molar-refractivity contribution is 8.03. The maximum Gasteiger partial charge on any atom is 0.254 e. The van der Waals surface area contributed by atoms with Gasteiger partial charge in [0.2, 0.25) is 5.91 Å². The Bertz CT molecular complexity index is 1490. The lowest BCUT2D eigenvalue weighted by atomic mass is 9.82. The van der Waals surface area contributed by atoms with Crippen molar-refractivity contribution in [3.8, 4) is 11.8 Å². The number of para-hydroxylation sites is 2. The van der Waals surface area contributed by atoms with Gasteiger partial charge in [-0.2, -0.15) is 5.26 Å². The van der Waals surface area contributed by atoms with Crippen LogP contribution in [0, 0.1) is 25.2 Å². The van der Waals surface area contributed by atoms with Gasteiger partial charge < -0.3 is 20.7 Å². The van der Waals surface area contributed by atoms with Crippen molar-refractivity contribution in [3.63, 3.8) is 0 Å². The van der Waals surface area contributed by atoms with Gasteiger partial charge in [-0.1, -0.05) is 60.3 Å². The number of benzene rings is 3. The van der Waals surface area contributed by atoms with Crippen LogP contribution in [0.2, 0.25) is 0 Å². The molecule has 0 fully saturated rings. The number of carbonyl (C=O) groups excluding carboxylic acids is 2. The van der Waals surface area contributed by atoms with Gasteiger partial charge in [0, 0.05) is 17.0 Å². The summed E-state index contributed by atoms with van der Waals surface area (Å²) in [7, 11) is 1.54. The highest BCUT2D eigenvalue weighted by Crippen LogP contribution is 2.41. The van der Waals surface area contributed by atoms with E-state index < -0.39 is 5.92 Å². The Kier molecular flexibility index (Phi) is 8.74. The van der Waals surface area contributed by atoms with E-state index in [2.05, 4.69) is 22.0 Å². The third kappa shape index (κ3) is 6.51. The number of allylic oxidation sites excluding steroid dienone is 2. The van der Waals surface area contributed by atoms with Crippen LogP contribution in [0.5, 0.6) is 5.75 Å². The molecule has 0 bridgehead atoms. The Morgan fingerprint density at radius 3 is 2.31 bits per heavy atom. The molecule has 1 heterocycles. The normalized spacial score (nSPS) is 14.8. The first kappa shape index (κ1) is 27.6. The number of rotatable bonds is 8. The van der Waals surface area contributed by atoms with Gasteiger partial charge >= 0.3 is 0 Å². The molecule has 1 unspecified atom stereocenters. The van der Waals surface area contributed by atoms with E-state index in [1.54, 1.807) is 26.2 Å². The highest BCUT2D eigenvalue weighted by Gasteiger charge is 2.35. The number of nitrogens with one attached hydrogen (secondary N) is 3. The lowest BCUT2D eigenvalue weighted by Crippen LogP contribution is -2.31. The maximum absolute atomic E-state index is 13.7. The topological polar surface area (TPSA) is 103 Å². The van der Waals surface area contributed by atoms with Crippen molar-refractivity contribution in [1.82, 2.24) is 5.32 Å². The summed E-state index contributed by atoms with van der Waals surface area (Å²) in [5, 5.41) is 19.9. The van der Waals surface area contributed by atoms with Crippen molar-refractivity contribution < 1.29 is 14.3 Å². The summed E-state index contributed by atoms with van der Waals surface area (Å²) in [6.07, 6.45) is 0. The molecule has 0 saturated carbocycles. The number of thioether (sulfide) groups is 1. The molecule has 0 aromatic heterocycles.